The first-order valence-electron chi connectivity index (χ1n) is 8.69. The second kappa shape index (κ2) is 7.61. The molecule has 0 radical (unpaired) electrons. The van der Waals surface area contributed by atoms with Gasteiger partial charge in [-0.1, -0.05) is 11.6 Å². The number of carbonyl (C=O) groups is 1. The molecule has 1 aliphatic rings. The number of nitrogens with zero attached hydrogens (tertiary/aromatic N) is 3. The van der Waals surface area contributed by atoms with Crippen molar-refractivity contribution < 1.29 is 13.6 Å². The maximum absolute atomic E-state index is 13.6. The summed E-state index contributed by atoms with van der Waals surface area (Å²) in [5, 5.41) is 2.85. The number of piperazine rings is 1. The van der Waals surface area contributed by atoms with Gasteiger partial charge in [0.15, 0.2) is 11.2 Å². The zero-order chi connectivity index (χ0) is 19.7. The van der Waals surface area contributed by atoms with E-state index >= 15 is 0 Å². The third kappa shape index (κ3) is 4.00. The maximum Gasteiger partial charge on any atom is 0.418 e. The lowest BCUT2D eigenvalue weighted by molar-refractivity contribution is -0.117. The molecule has 0 unspecified atom stereocenters. The SMILES string of the molecule is O=C(CN1CCN(c2ccc(Cl)c(F)c2)CC1)Nc1cnc2[nH]c(=O)oc2c1. The van der Waals surface area contributed by atoms with E-state index in [9.17, 15) is 14.0 Å². The number of H-pyrrole nitrogens is 1. The van der Waals surface area contributed by atoms with E-state index in [4.69, 9.17) is 16.0 Å². The summed E-state index contributed by atoms with van der Waals surface area (Å²) in [5.74, 6) is -1.22. The highest BCUT2D eigenvalue weighted by molar-refractivity contribution is 6.30. The summed E-state index contributed by atoms with van der Waals surface area (Å²) < 4.78 is 18.6. The highest BCUT2D eigenvalue weighted by atomic mass is 35.5. The molecule has 1 aliphatic heterocycles. The monoisotopic (exact) mass is 405 g/mol. The summed E-state index contributed by atoms with van der Waals surface area (Å²) in [5.41, 5.74) is 1.85. The largest absolute Gasteiger partial charge is 0.418 e. The standard InChI is InChI=1S/C18H17ClFN5O3/c19-13-2-1-12(8-14(13)20)25-5-3-24(4-6-25)10-16(26)22-11-7-15-17(21-9-11)23-18(27)28-15/h1-2,7-9H,3-6,10H2,(H,22,26)(H,21,23,27). The zero-order valence-electron chi connectivity index (χ0n) is 14.7. The lowest BCUT2D eigenvalue weighted by Crippen LogP contribution is -2.48. The number of fused-ring (bicyclic) bond motifs is 1. The van der Waals surface area contributed by atoms with E-state index in [0.717, 1.165) is 5.69 Å². The second-order valence-corrected chi connectivity index (χ2v) is 6.90. The smallest absolute Gasteiger partial charge is 0.406 e. The first-order chi connectivity index (χ1) is 13.5. The number of hydrogen-bond acceptors (Lipinski definition) is 6. The zero-order valence-corrected chi connectivity index (χ0v) is 15.5. The quantitative estimate of drug-likeness (QED) is 0.690. The van der Waals surface area contributed by atoms with Crippen molar-refractivity contribution in [3.05, 3.63) is 51.9 Å². The average Bonchev–Trinajstić information content (AvgIpc) is 3.04. The number of benzene rings is 1. The summed E-state index contributed by atoms with van der Waals surface area (Å²) in [6, 6.07) is 6.30. The van der Waals surface area contributed by atoms with Crippen molar-refractivity contribution >= 4 is 40.1 Å². The van der Waals surface area contributed by atoms with Crippen LogP contribution in [-0.4, -0.2) is 53.5 Å². The molecular weight excluding hydrogens is 389 g/mol. The number of aromatic amines is 1. The van der Waals surface area contributed by atoms with Crippen LogP contribution in [0.15, 0.2) is 39.7 Å². The average molecular weight is 406 g/mol. The van der Waals surface area contributed by atoms with Crippen LogP contribution in [0, 0.1) is 5.82 Å². The molecule has 1 fully saturated rings. The van der Waals surface area contributed by atoms with Gasteiger partial charge < -0.3 is 14.6 Å². The lowest BCUT2D eigenvalue weighted by Gasteiger charge is -2.35. The second-order valence-electron chi connectivity index (χ2n) is 6.50. The van der Waals surface area contributed by atoms with Gasteiger partial charge in [-0.2, -0.15) is 0 Å². The highest BCUT2D eigenvalue weighted by Gasteiger charge is 2.20. The van der Waals surface area contributed by atoms with Crippen molar-refractivity contribution in [2.75, 3.05) is 42.9 Å². The summed E-state index contributed by atoms with van der Waals surface area (Å²) >= 11 is 5.73. The lowest BCUT2D eigenvalue weighted by atomic mass is 10.2. The van der Waals surface area contributed by atoms with E-state index < -0.39 is 11.6 Å². The number of pyridine rings is 1. The molecule has 28 heavy (non-hydrogen) atoms. The van der Waals surface area contributed by atoms with Gasteiger partial charge in [-0.3, -0.25) is 14.7 Å². The molecule has 8 nitrogen and oxygen atoms in total. The Kier molecular flexibility index (Phi) is 5.01. The molecule has 1 saturated heterocycles. The molecule has 0 spiro atoms. The molecule has 0 saturated carbocycles. The normalized spacial score (nSPS) is 15.1. The summed E-state index contributed by atoms with van der Waals surface area (Å²) in [4.78, 5) is 34.0. The third-order valence-electron chi connectivity index (χ3n) is 4.57. The number of rotatable bonds is 4. The van der Waals surface area contributed by atoms with Gasteiger partial charge in [0.2, 0.25) is 5.91 Å². The molecule has 4 rings (SSSR count). The van der Waals surface area contributed by atoms with Crippen molar-refractivity contribution in [2.45, 2.75) is 0 Å². The fourth-order valence-electron chi connectivity index (χ4n) is 3.16. The number of aromatic nitrogens is 2. The van der Waals surface area contributed by atoms with Gasteiger partial charge in [-0.05, 0) is 18.2 Å². The molecular formula is C18H17ClFN5O3. The van der Waals surface area contributed by atoms with E-state index in [-0.39, 0.29) is 23.1 Å². The van der Waals surface area contributed by atoms with E-state index in [0.29, 0.717) is 37.5 Å². The van der Waals surface area contributed by atoms with Gasteiger partial charge in [0, 0.05) is 37.9 Å². The molecule has 0 atom stereocenters. The fourth-order valence-corrected chi connectivity index (χ4v) is 3.27. The number of amides is 1. The van der Waals surface area contributed by atoms with Gasteiger partial charge in [0.05, 0.1) is 23.5 Å². The number of carbonyl (C=O) groups excluding carboxylic acids is 1. The van der Waals surface area contributed by atoms with Crippen LogP contribution in [0.5, 0.6) is 0 Å². The Labute approximate surface area is 163 Å². The van der Waals surface area contributed by atoms with Gasteiger partial charge in [-0.25, -0.2) is 14.2 Å². The maximum atomic E-state index is 13.6. The van der Waals surface area contributed by atoms with Crippen molar-refractivity contribution in [1.29, 1.82) is 0 Å². The molecule has 2 N–H and O–H groups in total. The first kappa shape index (κ1) is 18.5. The van der Waals surface area contributed by atoms with Crippen molar-refractivity contribution in [1.82, 2.24) is 14.9 Å². The Morgan fingerprint density at radius 1 is 1.29 bits per heavy atom. The molecule has 146 valence electrons. The highest BCUT2D eigenvalue weighted by Crippen LogP contribution is 2.23. The molecule has 3 heterocycles. The molecule has 3 aromatic rings. The topological polar surface area (TPSA) is 94.5 Å². The van der Waals surface area contributed by atoms with E-state index in [1.807, 2.05) is 4.90 Å². The summed E-state index contributed by atoms with van der Waals surface area (Å²) in [6.45, 7) is 2.91. The van der Waals surface area contributed by atoms with Crippen LogP contribution in [0.25, 0.3) is 11.2 Å². The van der Waals surface area contributed by atoms with Gasteiger partial charge >= 0.3 is 5.76 Å². The molecule has 10 heteroatoms. The Morgan fingerprint density at radius 2 is 2.07 bits per heavy atom. The van der Waals surface area contributed by atoms with Crippen LogP contribution in [-0.2, 0) is 4.79 Å². The number of nitrogens with one attached hydrogen (secondary N) is 2. The molecule has 1 aromatic carbocycles. The summed E-state index contributed by atoms with van der Waals surface area (Å²) in [6.07, 6.45) is 1.46. The van der Waals surface area contributed by atoms with E-state index in [1.54, 1.807) is 18.2 Å². The van der Waals surface area contributed by atoms with E-state index in [1.165, 1.54) is 12.3 Å². The molecule has 1 amide bonds. The van der Waals surface area contributed by atoms with Gasteiger partial charge in [0.25, 0.3) is 0 Å². The minimum atomic E-state index is -0.593. The van der Waals surface area contributed by atoms with Crippen LogP contribution >= 0.6 is 11.6 Å². The van der Waals surface area contributed by atoms with Crippen LogP contribution < -0.4 is 16.0 Å². The van der Waals surface area contributed by atoms with Gasteiger partial charge in [0.1, 0.15) is 5.82 Å². The predicted molar refractivity (Wildman–Crippen MR) is 103 cm³/mol. The molecule has 0 aliphatic carbocycles. The van der Waals surface area contributed by atoms with Crippen LogP contribution in [0.2, 0.25) is 5.02 Å². The Morgan fingerprint density at radius 3 is 2.82 bits per heavy atom. The Hall–Kier alpha value is -2.91. The Balaban J connectivity index is 1.31. The predicted octanol–water partition coefficient (Wildman–Crippen LogP) is 2.07. The third-order valence-corrected chi connectivity index (χ3v) is 4.87. The number of halogens is 2. The van der Waals surface area contributed by atoms with Crippen LogP contribution in [0.1, 0.15) is 0 Å². The first-order valence-corrected chi connectivity index (χ1v) is 9.07. The minimum Gasteiger partial charge on any atom is -0.406 e. The molecule has 0 bridgehead atoms. The minimum absolute atomic E-state index is 0.102. The summed E-state index contributed by atoms with van der Waals surface area (Å²) in [7, 11) is 0. The number of hydrogen-bond donors (Lipinski definition) is 2. The van der Waals surface area contributed by atoms with Crippen molar-refractivity contribution in [2.24, 2.45) is 0 Å². The van der Waals surface area contributed by atoms with Crippen LogP contribution in [0.3, 0.4) is 0 Å². The molecule has 2 aromatic heterocycles. The van der Waals surface area contributed by atoms with Gasteiger partial charge in [-0.15, -0.1) is 0 Å². The van der Waals surface area contributed by atoms with E-state index in [2.05, 4.69) is 20.2 Å². The fraction of sp³-hybridized carbons (Fsp3) is 0.278. The number of anilines is 2. The Bertz CT molecular complexity index is 1070. The van der Waals surface area contributed by atoms with Crippen LogP contribution in [0.4, 0.5) is 15.8 Å². The van der Waals surface area contributed by atoms with Crippen molar-refractivity contribution in [3.63, 3.8) is 0 Å². The number of oxazole rings is 1. The van der Waals surface area contributed by atoms with Crippen molar-refractivity contribution in [3.8, 4) is 0 Å².